The number of fused-ring (bicyclic) bond motifs is 1. The van der Waals surface area contributed by atoms with E-state index in [4.69, 9.17) is 18.9 Å². The van der Waals surface area contributed by atoms with Crippen molar-refractivity contribution in [3.8, 4) is 17.2 Å². The van der Waals surface area contributed by atoms with Gasteiger partial charge in [0.1, 0.15) is 17.4 Å². The number of rotatable bonds is 13. The maximum absolute atomic E-state index is 13.1. The van der Waals surface area contributed by atoms with E-state index >= 15 is 0 Å². The number of thiophene rings is 1. The molecule has 2 N–H and O–H groups in total. The summed E-state index contributed by atoms with van der Waals surface area (Å²) in [4.78, 5) is 39.6. The van der Waals surface area contributed by atoms with Crippen LogP contribution in [0, 0.1) is 0 Å². The summed E-state index contributed by atoms with van der Waals surface area (Å²) in [5.74, 6) is 0.320. The largest absolute Gasteiger partial charge is 0.493 e. The Labute approximate surface area is 277 Å². The molecule has 1 aliphatic rings. The topological polar surface area (TPSA) is 125 Å². The second-order valence-corrected chi connectivity index (χ2v) is 11.9. The van der Waals surface area contributed by atoms with Crippen LogP contribution in [0.2, 0.25) is 0 Å². The number of carbonyl (C=O) groups is 3. The number of esters is 1. The molecule has 0 radical (unpaired) electrons. The number of hydrogen-bond donors (Lipinski definition) is 2. The Kier molecular flexibility index (Phi) is 11.2. The predicted molar refractivity (Wildman–Crippen MR) is 181 cm³/mol. The fraction of sp³-hybridized carbons (Fsp3) is 0.278. The number of hydrogen-bond acceptors (Lipinski definition) is 9. The SMILES string of the molecule is CCOC(=O)c1c(NC(=O)c2ccc(OC(C)C(=O)N/N=C/c3ccc(OCc4ccccc4)c(OC)c3)cc2)sc2c1CCCC2. The number of aryl methyl sites for hydroxylation is 1. The summed E-state index contributed by atoms with van der Waals surface area (Å²) in [5, 5.41) is 7.47. The van der Waals surface area contributed by atoms with Crippen LogP contribution in [0.15, 0.2) is 77.9 Å². The van der Waals surface area contributed by atoms with Gasteiger partial charge in [0.05, 0.1) is 25.5 Å². The molecule has 0 saturated carbocycles. The second-order valence-electron chi connectivity index (χ2n) is 10.8. The van der Waals surface area contributed by atoms with Crippen molar-refractivity contribution in [3.63, 3.8) is 0 Å². The summed E-state index contributed by atoms with van der Waals surface area (Å²) in [5.41, 5.74) is 6.06. The van der Waals surface area contributed by atoms with Crippen molar-refractivity contribution < 1.29 is 33.3 Å². The molecule has 1 unspecified atom stereocenters. The van der Waals surface area contributed by atoms with E-state index < -0.39 is 18.0 Å². The van der Waals surface area contributed by atoms with Crippen LogP contribution in [0.3, 0.4) is 0 Å². The number of ether oxygens (including phenoxy) is 4. The van der Waals surface area contributed by atoms with Gasteiger partial charge in [-0.05, 0) is 98.7 Å². The Balaban J connectivity index is 1.14. The van der Waals surface area contributed by atoms with E-state index in [1.807, 2.05) is 30.3 Å². The first-order chi connectivity index (χ1) is 22.9. The van der Waals surface area contributed by atoms with E-state index in [1.165, 1.54) is 17.6 Å². The van der Waals surface area contributed by atoms with Crippen LogP contribution in [0.4, 0.5) is 5.00 Å². The molecular formula is C36H37N3O7S. The average Bonchev–Trinajstić information content (AvgIpc) is 3.46. The highest BCUT2D eigenvalue weighted by atomic mass is 32.1. The molecule has 3 aromatic carbocycles. The fourth-order valence-corrected chi connectivity index (χ4v) is 6.34. The van der Waals surface area contributed by atoms with Gasteiger partial charge in [-0.15, -0.1) is 11.3 Å². The summed E-state index contributed by atoms with van der Waals surface area (Å²) in [6.45, 7) is 4.03. The summed E-state index contributed by atoms with van der Waals surface area (Å²) < 4.78 is 22.4. The lowest BCUT2D eigenvalue weighted by atomic mass is 9.95. The first-order valence-electron chi connectivity index (χ1n) is 15.4. The number of methoxy groups -OCH3 is 1. The van der Waals surface area contributed by atoms with Crippen molar-refractivity contribution in [2.75, 3.05) is 19.0 Å². The zero-order valence-corrected chi connectivity index (χ0v) is 27.4. The van der Waals surface area contributed by atoms with Gasteiger partial charge in [-0.2, -0.15) is 5.10 Å². The van der Waals surface area contributed by atoms with Gasteiger partial charge in [0.15, 0.2) is 17.6 Å². The summed E-state index contributed by atoms with van der Waals surface area (Å²) in [6, 6.07) is 21.6. The Bertz CT molecular complexity index is 1740. The van der Waals surface area contributed by atoms with Crippen LogP contribution < -0.4 is 25.0 Å². The van der Waals surface area contributed by atoms with Crippen molar-refractivity contribution in [2.24, 2.45) is 5.10 Å². The maximum atomic E-state index is 13.1. The van der Waals surface area contributed by atoms with E-state index in [9.17, 15) is 14.4 Å². The minimum atomic E-state index is -0.861. The lowest BCUT2D eigenvalue weighted by Crippen LogP contribution is -2.33. The molecule has 244 valence electrons. The van der Waals surface area contributed by atoms with Crippen molar-refractivity contribution in [1.29, 1.82) is 0 Å². The minimum absolute atomic E-state index is 0.260. The monoisotopic (exact) mass is 655 g/mol. The van der Waals surface area contributed by atoms with Crippen LogP contribution in [0.5, 0.6) is 17.2 Å². The van der Waals surface area contributed by atoms with Gasteiger partial charge in [-0.1, -0.05) is 30.3 Å². The number of hydrazone groups is 1. The summed E-state index contributed by atoms with van der Waals surface area (Å²) >= 11 is 1.44. The number of amides is 2. The maximum Gasteiger partial charge on any atom is 0.341 e. The van der Waals surface area contributed by atoms with Gasteiger partial charge in [0.2, 0.25) is 0 Å². The number of carbonyl (C=O) groups excluding carboxylic acids is 3. The zero-order chi connectivity index (χ0) is 33.2. The third-order valence-electron chi connectivity index (χ3n) is 7.49. The van der Waals surface area contributed by atoms with Crippen LogP contribution >= 0.6 is 11.3 Å². The van der Waals surface area contributed by atoms with Crippen molar-refractivity contribution >= 4 is 40.3 Å². The summed E-state index contributed by atoms with van der Waals surface area (Å²) in [7, 11) is 1.56. The highest BCUT2D eigenvalue weighted by Gasteiger charge is 2.27. The first kappa shape index (κ1) is 33.2. The molecule has 5 rings (SSSR count). The third kappa shape index (κ3) is 8.56. The highest BCUT2D eigenvalue weighted by Crippen LogP contribution is 2.39. The number of benzene rings is 3. The van der Waals surface area contributed by atoms with Crippen molar-refractivity contribution in [3.05, 3.63) is 105 Å². The number of anilines is 1. The fourth-order valence-electron chi connectivity index (χ4n) is 5.07. The van der Waals surface area contributed by atoms with E-state index in [0.717, 1.165) is 41.7 Å². The molecule has 1 aromatic heterocycles. The molecule has 1 atom stereocenters. The lowest BCUT2D eigenvalue weighted by molar-refractivity contribution is -0.127. The van der Waals surface area contributed by atoms with E-state index in [0.29, 0.717) is 45.5 Å². The standard InChI is InChI=1S/C36H37N3O7S/c1-4-44-36(42)32-28-12-8-9-13-31(28)47-35(32)38-34(41)26-15-17-27(18-16-26)46-23(2)33(40)39-37-21-25-14-19-29(30(20-25)43-3)45-22-24-10-6-5-7-11-24/h5-7,10-11,14-21,23H,4,8-9,12-13,22H2,1-3H3,(H,38,41)(H,39,40)/b37-21+. The van der Waals surface area contributed by atoms with Crippen LogP contribution in [-0.4, -0.2) is 43.8 Å². The number of nitrogens with one attached hydrogen (secondary N) is 2. The average molecular weight is 656 g/mol. The van der Waals surface area contributed by atoms with Crippen LogP contribution in [-0.2, 0) is 29.0 Å². The molecule has 10 nitrogen and oxygen atoms in total. The molecule has 0 bridgehead atoms. The van der Waals surface area contributed by atoms with Gasteiger partial charge in [0, 0.05) is 10.4 Å². The lowest BCUT2D eigenvalue weighted by Gasteiger charge is -2.14. The molecule has 4 aromatic rings. The van der Waals surface area contributed by atoms with Crippen molar-refractivity contribution in [2.45, 2.75) is 52.2 Å². The van der Waals surface area contributed by atoms with E-state index in [1.54, 1.807) is 63.4 Å². The Morgan fingerprint density at radius 1 is 0.979 bits per heavy atom. The molecule has 0 fully saturated rings. The van der Waals surface area contributed by atoms with Gasteiger partial charge >= 0.3 is 5.97 Å². The normalized spacial score (nSPS) is 12.9. The second kappa shape index (κ2) is 15.9. The van der Waals surface area contributed by atoms with Gasteiger partial charge in [0.25, 0.3) is 11.8 Å². The summed E-state index contributed by atoms with van der Waals surface area (Å²) in [6.07, 6.45) is 4.38. The molecule has 2 amide bonds. The molecule has 0 saturated heterocycles. The Hall–Kier alpha value is -5.16. The highest BCUT2D eigenvalue weighted by molar-refractivity contribution is 7.17. The van der Waals surface area contributed by atoms with E-state index in [-0.39, 0.29) is 12.5 Å². The van der Waals surface area contributed by atoms with E-state index in [2.05, 4.69) is 15.8 Å². The quantitative estimate of drug-likeness (QED) is 0.0950. The van der Waals surface area contributed by atoms with Gasteiger partial charge in [-0.3, -0.25) is 9.59 Å². The van der Waals surface area contributed by atoms with Crippen molar-refractivity contribution in [1.82, 2.24) is 5.43 Å². The zero-order valence-electron chi connectivity index (χ0n) is 26.5. The Morgan fingerprint density at radius 2 is 1.74 bits per heavy atom. The van der Waals surface area contributed by atoms with Crippen LogP contribution in [0.25, 0.3) is 0 Å². The number of nitrogens with zero attached hydrogens (tertiary/aromatic N) is 1. The molecule has 1 aliphatic carbocycles. The van der Waals surface area contributed by atoms with Gasteiger partial charge < -0.3 is 24.3 Å². The first-order valence-corrected chi connectivity index (χ1v) is 16.2. The Morgan fingerprint density at radius 3 is 2.49 bits per heavy atom. The molecule has 0 aliphatic heterocycles. The molecule has 11 heteroatoms. The van der Waals surface area contributed by atoms with Crippen LogP contribution in [0.1, 0.15) is 69.0 Å². The molecule has 47 heavy (non-hydrogen) atoms. The smallest absolute Gasteiger partial charge is 0.341 e. The third-order valence-corrected chi connectivity index (χ3v) is 8.70. The molecule has 1 heterocycles. The minimum Gasteiger partial charge on any atom is -0.493 e. The van der Waals surface area contributed by atoms with Gasteiger partial charge in [-0.25, -0.2) is 10.2 Å². The predicted octanol–water partition coefficient (Wildman–Crippen LogP) is 6.56. The molecular weight excluding hydrogens is 618 g/mol. The molecule has 0 spiro atoms.